The van der Waals surface area contributed by atoms with Gasteiger partial charge >= 0.3 is 0 Å². The Hall–Kier alpha value is -2.53. The number of rotatable bonds is 9. The topological polar surface area (TPSA) is 76.4 Å². The minimum atomic E-state index is -0.151. The predicted octanol–water partition coefficient (Wildman–Crippen LogP) is 3.08. The molecule has 0 saturated heterocycles. The monoisotopic (exact) mass is 341 g/mol. The van der Waals surface area contributed by atoms with Crippen molar-refractivity contribution in [3.05, 3.63) is 59.7 Å². The van der Waals surface area contributed by atoms with Crippen LogP contribution in [0, 0.1) is 0 Å². The van der Waals surface area contributed by atoms with Crippen LogP contribution >= 0.6 is 0 Å². The second-order valence-electron chi connectivity index (χ2n) is 6.12. The van der Waals surface area contributed by atoms with Gasteiger partial charge in [0.2, 0.25) is 0 Å². The van der Waals surface area contributed by atoms with E-state index < -0.39 is 0 Å². The normalized spacial score (nSPS) is 11.8. The Morgan fingerprint density at radius 3 is 2.68 bits per heavy atom. The lowest BCUT2D eigenvalue weighted by atomic mass is 10.0. The fourth-order valence-corrected chi connectivity index (χ4v) is 2.60. The molecule has 2 aromatic carbocycles. The zero-order valence-electron chi connectivity index (χ0n) is 14.9. The molecule has 134 valence electrons. The highest BCUT2D eigenvalue weighted by Gasteiger charge is 2.13. The summed E-state index contributed by atoms with van der Waals surface area (Å²) in [6.07, 6.45) is 1.96. The molecule has 0 saturated carbocycles. The van der Waals surface area contributed by atoms with Crippen LogP contribution in [0.4, 0.5) is 11.4 Å². The number of hydrogen-bond donors (Lipinski definition) is 3. The first-order valence-electron chi connectivity index (χ1n) is 8.57. The van der Waals surface area contributed by atoms with E-state index in [9.17, 15) is 4.79 Å². The molecule has 1 amide bonds. The van der Waals surface area contributed by atoms with Crippen LogP contribution in [-0.2, 0) is 11.2 Å². The number of benzene rings is 2. The Kier molecular flexibility index (Phi) is 7.29. The van der Waals surface area contributed by atoms with Crippen molar-refractivity contribution in [1.29, 1.82) is 0 Å². The summed E-state index contributed by atoms with van der Waals surface area (Å²) >= 11 is 0. The van der Waals surface area contributed by atoms with E-state index in [1.165, 1.54) is 5.56 Å². The lowest BCUT2D eigenvalue weighted by molar-refractivity contribution is 0.0938. The van der Waals surface area contributed by atoms with Gasteiger partial charge in [0, 0.05) is 31.1 Å². The maximum Gasteiger partial charge on any atom is 0.253 e. The van der Waals surface area contributed by atoms with E-state index >= 15 is 0 Å². The Morgan fingerprint density at radius 2 is 1.96 bits per heavy atom. The van der Waals surface area contributed by atoms with E-state index in [-0.39, 0.29) is 11.9 Å². The van der Waals surface area contributed by atoms with Crippen LogP contribution in [0.2, 0.25) is 0 Å². The molecule has 0 fully saturated rings. The molecule has 0 heterocycles. The molecular formula is C20H27N3O2. The minimum absolute atomic E-state index is 0.151. The molecule has 0 radical (unpaired) electrons. The number of aryl methyl sites for hydroxylation is 1. The predicted molar refractivity (Wildman–Crippen MR) is 103 cm³/mol. The van der Waals surface area contributed by atoms with Crippen molar-refractivity contribution < 1.29 is 9.53 Å². The third-order valence-corrected chi connectivity index (χ3v) is 3.99. The fraction of sp³-hybridized carbons (Fsp3) is 0.350. The molecule has 0 aliphatic heterocycles. The van der Waals surface area contributed by atoms with Gasteiger partial charge in [0.15, 0.2) is 0 Å². The molecule has 1 atom stereocenters. The number of carbonyl (C=O) groups excluding carboxylic acids is 1. The third-order valence-electron chi connectivity index (χ3n) is 3.99. The van der Waals surface area contributed by atoms with Crippen LogP contribution in [0.1, 0.15) is 29.3 Å². The molecule has 0 aliphatic carbocycles. The number of hydrogen-bond acceptors (Lipinski definition) is 4. The van der Waals surface area contributed by atoms with Crippen molar-refractivity contribution >= 4 is 17.3 Å². The van der Waals surface area contributed by atoms with Gasteiger partial charge in [-0.15, -0.1) is 0 Å². The van der Waals surface area contributed by atoms with Crippen molar-refractivity contribution in [2.24, 2.45) is 0 Å². The highest BCUT2D eigenvalue weighted by molar-refractivity contribution is 6.00. The number of ether oxygens (including phenoxy) is 1. The molecular weight excluding hydrogens is 314 g/mol. The van der Waals surface area contributed by atoms with Gasteiger partial charge in [-0.2, -0.15) is 0 Å². The van der Waals surface area contributed by atoms with Crippen molar-refractivity contribution in [1.82, 2.24) is 5.32 Å². The summed E-state index contributed by atoms with van der Waals surface area (Å²) in [5.41, 5.74) is 9.09. The lowest BCUT2D eigenvalue weighted by Gasteiger charge is -2.18. The zero-order chi connectivity index (χ0) is 18.1. The largest absolute Gasteiger partial charge is 0.399 e. The number of carbonyl (C=O) groups is 1. The molecule has 0 bridgehead atoms. The summed E-state index contributed by atoms with van der Waals surface area (Å²) in [7, 11) is 1.61. The average Bonchev–Trinajstić information content (AvgIpc) is 2.62. The molecule has 0 aromatic heterocycles. The molecule has 0 aliphatic rings. The molecule has 25 heavy (non-hydrogen) atoms. The maximum atomic E-state index is 12.4. The van der Waals surface area contributed by atoms with Crippen LogP contribution in [-0.4, -0.2) is 32.2 Å². The lowest BCUT2D eigenvalue weighted by Crippen LogP contribution is -2.28. The minimum Gasteiger partial charge on any atom is -0.399 e. The van der Waals surface area contributed by atoms with Crippen LogP contribution in [0.25, 0.3) is 0 Å². The molecule has 4 N–H and O–H groups in total. The van der Waals surface area contributed by atoms with E-state index in [1.807, 2.05) is 12.1 Å². The number of amides is 1. The van der Waals surface area contributed by atoms with E-state index in [0.717, 1.165) is 18.5 Å². The van der Waals surface area contributed by atoms with Crippen molar-refractivity contribution in [2.75, 3.05) is 31.3 Å². The molecule has 1 unspecified atom stereocenters. The first kappa shape index (κ1) is 18.8. The van der Waals surface area contributed by atoms with Crippen molar-refractivity contribution in [3.63, 3.8) is 0 Å². The van der Waals surface area contributed by atoms with Gasteiger partial charge in [-0.3, -0.25) is 4.79 Å². The van der Waals surface area contributed by atoms with Crippen LogP contribution < -0.4 is 16.4 Å². The second kappa shape index (κ2) is 9.69. The van der Waals surface area contributed by atoms with Crippen molar-refractivity contribution in [2.45, 2.75) is 25.8 Å². The summed E-state index contributed by atoms with van der Waals surface area (Å²) in [6.45, 7) is 3.06. The first-order valence-corrected chi connectivity index (χ1v) is 8.57. The van der Waals surface area contributed by atoms with E-state index in [0.29, 0.717) is 24.4 Å². The number of methoxy groups -OCH3 is 1. The Balaban J connectivity index is 1.99. The van der Waals surface area contributed by atoms with Gasteiger partial charge in [0.05, 0.1) is 12.2 Å². The van der Waals surface area contributed by atoms with Gasteiger partial charge in [-0.1, -0.05) is 30.3 Å². The van der Waals surface area contributed by atoms with Gasteiger partial charge in [-0.25, -0.2) is 0 Å². The average molecular weight is 341 g/mol. The Bertz CT molecular complexity index is 674. The maximum absolute atomic E-state index is 12.4. The second-order valence-corrected chi connectivity index (χ2v) is 6.12. The van der Waals surface area contributed by atoms with E-state index in [4.69, 9.17) is 10.5 Å². The van der Waals surface area contributed by atoms with E-state index in [2.05, 4.69) is 41.8 Å². The smallest absolute Gasteiger partial charge is 0.253 e. The summed E-state index contributed by atoms with van der Waals surface area (Å²) < 4.78 is 4.97. The van der Waals surface area contributed by atoms with Crippen LogP contribution in [0.15, 0.2) is 48.5 Å². The highest BCUT2D eigenvalue weighted by atomic mass is 16.5. The molecule has 2 rings (SSSR count). The third kappa shape index (κ3) is 6.12. The van der Waals surface area contributed by atoms with Gasteiger partial charge in [-0.05, 0) is 43.5 Å². The van der Waals surface area contributed by atoms with Crippen molar-refractivity contribution in [3.8, 4) is 0 Å². The SMILES string of the molecule is COCCNC(=O)c1cc(N)ccc1NC(C)CCc1ccccc1. The molecule has 2 aromatic rings. The van der Waals surface area contributed by atoms with Gasteiger partial charge in [0.25, 0.3) is 5.91 Å². The Morgan fingerprint density at radius 1 is 1.20 bits per heavy atom. The summed E-state index contributed by atoms with van der Waals surface area (Å²) in [5, 5.41) is 6.27. The van der Waals surface area contributed by atoms with Crippen LogP contribution in [0.3, 0.4) is 0 Å². The quantitative estimate of drug-likeness (QED) is 0.484. The Labute approximate surface area is 149 Å². The van der Waals surface area contributed by atoms with Gasteiger partial charge in [0.1, 0.15) is 0 Å². The number of anilines is 2. The summed E-state index contributed by atoms with van der Waals surface area (Å²) in [4.78, 5) is 12.4. The standard InChI is InChI=1S/C20H27N3O2/c1-15(8-9-16-6-4-3-5-7-16)23-19-11-10-17(21)14-18(19)20(24)22-12-13-25-2/h3-7,10-11,14-15,23H,8-9,12-13,21H2,1-2H3,(H,22,24). The summed E-state index contributed by atoms with van der Waals surface area (Å²) in [6, 6.07) is 16.0. The first-order chi connectivity index (χ1) is 12.1. The molecule has 5 nitrogen and oxygen atoms in total. The molecule has 5 heteroatoms. The van der Waals surface area contributed by atoms with E-state index in [1.54, 1.807) is 19.2 Å². The number of nitrogens with one attached hydrogen (secondary N) is 2. The zero-order valence-corrected chi connectivity index (χ0v) is 14.9. The highest BCUT2D eigenvalue weighted by Crippen LogP contribution is 2.21. The van der Waals surface area contributed by atoms with Gasteiger partial charge < -0.3 is 21.1 Å². The number of nitrogen functional groups attached to an aromatic ring is 1. The fourth-order valence-electron chi connectivity index (χ4n) is 2.60. The summed E-state index contributed by atoms with van der Waals surface area (Å²) in [5.74, 6) is -0.151. The number of nitrogens with two attached hydrogens (primary N) is 1. The van der Waals surface area contributed by atoms with Crippen LogP contribution in [0.5, 0.6) is 0 Å². The molecule has 0 spiro atoms.